The van der Waals surface area contributed by atoms with E-state index >= 15 is 0 Å². The molecule has 0 aromatic heterocycles. The third kappa shape index (κ3) is 22.4. The van der Waals surface area contributed by atoms with E-state index in [1.807, 2.05) is 26.0 Å². The lowest BCUT2D eigenvalue weighted by molar-refractivity contribution is 0.321. The van der Waals surface area contributed by atoms with Crippen LogP contribution in [0.5, 0.6) is 0 Å². The Kier molecular flexibility index (Phi) is 33.3. The Morgan fingerprint density at radius 3 is 1.90 bits per heavy atom. The number of aryl methyl sites for hydroxylation is 1. The number of rotatable bonds is 11. The first kappa shape index (κ1) is 44.2. The molecule has 1 aliphatic carbocycles. The van der Waals surface area contributed by atoms with Crippen LogP contribution in [-0.2, 0) is 19.3 Å². The van der Waals surface area contributed by atoms with Crippen molar-refractivity contribution in [2.75, 3.05) is 0 Å². The zero-order chi connectivity index (χ0) is 32.8. The van der Waals surface area contributed by atoms with Crippen LogP contribution in [0.15, 0.2) is 55.2 Å². The topological polar surface area (TPSA) is 0 Å². The molecule has 42 heavy (non-hydrogen) atoms. The van der Waals surface area contributed by atoms with Gasteiger partial charge in [-0.15, -0.1) is 12.3 Å². The van der Waals surface area contributed by atoms with Gasteiger partial charge in [-0.1, -0.05) is 156 Å². The van der Waals surface area contributed by atoms with Gasteiger partial charge in [-0.3, -0.25) is 0 Å². The number of benzene rings is 1. The second-order valence-corrected chi connectivity index (χ2v) is 11.4. The van der Waals surface area contributed by atoms with Gasteiger partial charge in [0, 0.05) is 6.42 Å². The Morgan fingerprint density at radius 2 is 1.48 bits per heavy atom. The maximum Gasteiger partial charge on any atom is 0.0340 e. The number of terminal acetylenes is 1. The van der Waals surface area contributed by atoms with Crippen molar-refractivity contribution in [3.05, 3.63) is 83.0 Å². The van der Waals surface area contributed by atoms with Crippen LogP contribution in [0.4, 0.5) is 0 Å². The third-order valence-corrected chi connectivity index (χ3v) is 7.83. The predicted octanol–water partition coefficient (Wildman–Crippen LogP) is 13.7. The zero-order valence-electron chi connectivity index (χ0n) is 30.3. The lowest BCUT2D eigenvalue weighted by Gasteiger charge is -2.26. The van der Waals surface area contributed by atoms with Gasteiger partial charge in [0.25, 0.3) is 0 Å². The van der Waals surface area contributed by atoms with Gasteiger partial charge in [0.05, 0.1) is 0 Å². The summed E-state index contributed by atoms with van der Waals surface area (Å²) in [4.78, 5) is 0. The van der Waals surface area contributed by atoms with Gasteiger partial charge < -0.3 is 0 Å². The van der Waals surface area contributed by atoms with Gasteiger partial charge in [-0.2, -0.15) is 0 Å². The molecule has 0 bridgehead atoms. The molecule has 0 saturated heterocycles. The van der Waals surface area contributed by atoms with Gasteiger partial charge >= 0.3 is 0 Å². The lowest BCUT2D eigenvalue weighted by Crippen LogP contribution is -2.12. The van der Waals surface area contributed by atoms with E-state index in [-0.39, 0.29) is 0 Å². The first-order chi connectivity index (χ1) is 20.2. The highest BCUT2D eigenvalue weighted by Gasteiger charge is 2.17. The van der Waals surface area contributed by atoms with Gasteiger partial charge in [0.15, 0.2) is 0 Å². The second-order valence-electron chi connectivity index (χ2n) is 11.4. The lowest BCUT2D eigenvalue weighted by atomic mass is 9.80. The second kappa shape index (κ2) is 31.7. The monoisotopic (exact) mass is 577 g/mol. The van der Waals surface area contributed by atoms with E-state index in [2.05, 4.69) is 99.6 Å². The Bertz CT molecular complexity index is 876. The summed E-state index contributed by atoms with van der Waals surface area (Å²) < 4.78 is 0. The normalized spacial score (nSPS) is 15.5. The van der Waals surface area contributed by atoms with E-state index in [9.17, 15) is 0 Å². The van der Waals surface area contributed by atoms with Crippen LogP contribution >= 0.6 is 0 Å². The Balaban J connectivity index is -0.000000512. The minimum Gasteiger partial charge on any atom is -0.120 e. The van der Waals surface area contributed by atoms with E-state index < -0.39 is 0 Å². The summed E-state index contributed by atoms with van der Waals surface area (Å²) in [5.41, 5.74) is 8.58. The summed E-state index contributed by atoms with van der Waals surface area (Å²) in [6.45, 7) is 31.6. The van der Waals surface area contributed by atoms with Crippen molar-refractivity contribution in [1.29, 1.82) is 0 Å². The number of hydrogen-bond donors (Lipinski definition) is 0. The highest BCUT2D eigenvalue weighted by molar-refractivity contribution is 5.46. The summed E-state index contributed by atoms with van der Waals surface area (Å²) in [7, 11) is 0. The average molecular weight is 577 g/mol. The van der Waals surface area contributed by atoms with Crippen LogP contribution in [-0.4, -0.2) is 0 Å². The van der Waals surface area contributed by atoms with Gasteiger partial charge in [-0.25, -0.2) is 0 Å². The quantitative estimate of drug-likeness (QED) is 0.106. The van der Waals surface area contributed by atoms with Crippen molar-refractivity contribution < 1.29 is 0 Å². The minimum absolute atomic E-state index is 0.757. The van der Waals surface area contributed by atoms with E-state index in [1.165, 1.54) is 104 Å². The van der Waals surface area contributed by atoms with Crippen LogP contribution in [0.2, 0.25) is 0 Å². The first-order valence-electron chi connectivity index (χ1n) is 17.3. The molecule has 1 fully saturated rings. The molecule has 240 valence electrons. The predicted molar refractivity (Wildman–Crippen MR) is 198 cm³/mol. The average Bonchev–Trinajstić information content (AvgIpc) is 3.00. The van der Waals surface area contributed by atoms with E-state index in [4.69, 9.17) is 6.42 Å². The van der Waals surface area contributed by atoms with Crippen LogP contribution in [0, 0.1) is 38.0 Å². The van der Waals surface area contributed by atoms with Gasteiger partial charge in [0.1, 0.15) is 0 Å². The maximum absolute atomic E-state index is 5.42. The fourth-order valence-corrected chi connectivity index (χ4v) is 4.78. The molecular formula is C42H72. The van der Waals surface area contributed by atoms with Crippen molar-refractivity contribution in [1.82, 2.24) is 0 Å². The molecule has 0 unspecified atom stereocenters. The van der Waals surface area contributed by atoms with Crippen molar-refractivity contribution in [3.8, 4) is 12.3 Å². The molecule has 2 rings (SSSR count). The number of unbranched alkanes of at least 4 members (excludes halogenated alkanes) is 3. The summed E-state index contributed by atoms with van der Waals surface area (Å²) in [5, 5.41) is 0. The molecule has 1 saturated carbocycles. The molecule has 1 aromatic rings. The van der Waals surface area contributed by atoms with E-state index in [0.717, 1.165) is 24.7 Å². The molecule has 0 N–H and O–H groups in total. The molecule has 0 nitrogen and oxygen atoms in total. The molecule has 0 heterocycles. The highest BCUT2D eigenvalue weighted by Crippen LogP contribution is 2.31. The maximum atomic E-state index is 5.42. The molecule has 0 spiro atoms. The number of allylic oxidation sites excluding steroid dienone is 6. The van der Waals surface area contributed by atoms with Crippen LogP contribution in [0.1, 0.15) is 154 Å². The molecule has 0 amide bonds. The molecule has 0 atom stereocenters. The van der Waals surface area contributed by atoms with Crippen LogP contribution < -0.4 is 0 Å². The fourth-order valence-electron chi connectivity index (χ4n) is 4.78. The van der Waals surface area contributed by atoms with Crippen molar-refractivity contribution in [2.24, 2.45) is 11.8 Å². The van der Waals surface area contributed by atoms with Gasteiger partial charge in [-0.05, 0) is 92.5 Å². The van der Waals surface area contributed by atoms with Gasteiger partial charge in [0.2, 0.25) is 0 Å². The smallest absolute Gasteiger partial charge is 0.0340 e. The van der Waals surface area contributed by atoms with Crippen molar-refractivity contribution in [3.63, 3.8) is 0 Å². The Labute approximate surface area is 266 Å². The Morgan fingerprint density at radius 1 is 0.881 bits per heavy atom. The number of hydrogen-bond acceptors (Lipinski definition) is 0. The molecule has 0 aliphatic heterocycles. The largest absolute Gasteiger partial charge is 0.120 e. The summed E-state index contributed by atoms with van der Waals surface area (Å²) in [5.74, 6) is 4.57. The van der Waals surface area contributed by atoms with Crippen molar-refractivity contribution in [2.45, 2.75) is 160 Å². The molecular weight excluding hydrogens is 504 g/mol. The third-order valence-electron chi connectivity index (χ3n) is 7.83. The first-order valence-corrected chi connectivity index (χ1v) is 17.3. The summed E-state index contributed by atoms with van der Waals surface area (Å²) >= 11 is 0. The molecule has 0 heteroatoms. The van der Waals surface area contributed by atoms with E-state index in [0.29, 0.717) is 0 Å². The molecule has 0 radical (unpaired) electrons. The molecule has 1 aromatic carbocycles. The minimum atomic E-state index is 0.757. The summed E-state index contributed by atoms with van der Waals surface area (Å²) in [6, 6.07) is 2.32. The Hall–Kier alpha value is -2.26. The SMILES string of the molecule is C#CCc1cc(CCC)c(CC)c(C)c1C.C=C(C)C1CCC(C)CC1.C=C/C=C\C=C/CCCC.CC.CCCC. The van der Waals surface area contributed by atoms with Crippen molar-refractivity contribution >= 4 is 0 Å². The molecule has 1 aliphatic rings. The highest BCUT2D eigenvalue weighted by atomic mass is 14.2. The van der Waals surface area contributed by atoms with E-state index in [1.54, 1.807) is 6.08 Å². The standard InChI is InChI=1S/C16H22.C10H18.C10H16.C4H10.C2H6/c1-6-9-14-11-15(10-7-2)16(8-3)13(5)12(14)4;1-8(2)10-6-4-9(3)5-7-10;1-3-5-7-9-10-8-6-4-2;1-3-4-2;1-2/h1,11H,7-10H2,2-5H3;9-10H,1,4-7H2,2-3H3;3,5,7,9-10H,1,4,6,8H2,2H3;3-4H2,1-2H3;1-2H3/b;;7-5-,10-9-;;. The summed E-state index contributed by atoms with van der Waals surface area (Å²) in [6.07, 6.45) is 31.6. The van der Waals surface area contributed by atoms with Crippen LogP contribution in [0.25, 0.3) is 0 Å². The fraction of sp³-hybridized carbons (Fsp3) is 0.619. The van der Waals surface area contributed by atoms with Crippen LogP contribution in [0.3, 0.4) is 0 Å². The zero-order valence-corrected chi connectivity index (χ0v) is 30.3.